The molecule has 0 amide bonds. The lowest BCUT2D eigenvalue weighted by Gasteiger charge is -2.33. The molecule has 3 nitrogen and oxygen atoms in total. The van der Waals surface area contributed by atoms with Crippen LogP contribution in [0.25, 0.3) is 0 Å². The molecule has 0 spiro atoms. The van der Waals surface area contributed by atoms with Gasteiger partial charge in [0.1, 0.15) is 0 Å². The van der Waals surface area contributed by atoms with Gasteiger partial charge in [0.2, 0.25) is 0 Å². The number of likely N-dealkylation sites (N-methyl/N-ethyl adjacent to an activating group) is 1. The Balaban J connectivity index is 0. The summed E-state index contributed by atoms with van der Waals surface area (Å²) in [5.41, 5.74) is 0. The molecule has 0 heterocycles. The van der Waals surface area contributed by atoms with Crippen molar-refractivity contribution >= 4 is 5.97 Å². The van der Waals surface area contributed by atoms with E-state index in [1.807, 2.05) is 20.8 Å². The second-order valence-corrected chi connectivity index (χ2v) is 2.84. The van der Waals surface area contributed by atoms with Crippen LogP contribution in [0.5, 0.6) is 0 Å². The Hall–Kier alpha value is -0.280. The van der Waals surface area contributed by atoms with Crippen molar-refractivity contribution in [2.75, 3.05) is 26.2 Å². The van der Waals surface area contributed by atoms with Gasteiger partial charge in [0.15, 0.2) is 6.54 Å². The zero-order valence-electron chi connectivity index (χ0n) is 8.01. The highest BCUT2D eigenvalue weighted by atomic mass is 35.5. The fourth-order valence-corrected chi connectivity index (χ4v) is 1.29. The summed E-state index contributed by atoms with van der Waals surface area (Å²) in [6.07, 6.45) is 0. The molecule has 0 aromatic carbocycles. The Morgan fingerprint density at radius 1 is 1.17 bits per heavy atom. The second kappa shape index (κ2) is 6.26. The van der Waals surface area contributed by atoms with Crippen LogP contribution >= 0.6 is 0 Å². The number of hydrogen-bond acceptors (Lipinski definition) is 1. The van der Waals surface area contributed by atoms with E-state index < -0.39 is 5.97 Å². The Bertz CT molecular complexity index is 127. The summed E-state index contributed by atoms with van der Waals surface area (Å²) in [5.74, 6) is -0.699. The van der Waals surface area contributed by atoms with Crippen LogP contribution in [0.4, 0.5) is 0 Å². The number of rotatable bonds is 5. The van der Waals surface area contributed by atoms with Crippen LogP contribution in [-0.2, 0) is 4.79 Å². The molecule has 0 fully saturated rings. The highest BCUT2D eigenvalue weighted by Gasteiger charge is 2.23. The molecule has 4 heteroatoms. The predicted octanol–water partition coefficient (Wildman–Crippen LogP) is -2.05. The van der Waals surface area contributed by atoms with Crippen LogP contribution in [0, 0.1) is 0 Å². The standard InChI is InChI=1S/C8H17NO2.ClH/c1-4-9(5-2,6-3)7-8(10)11;/h4-7H2,1-3H3;1H. The predicted molar refractivity (Wildman–Crippen MR) is 44.4 cm³/mol. The SMILES string of the molecule is CC[N+](CC)(CC)CC(=O)O.[Cl-]. The molecule has 12 heavy (non-hydrogen) atoms. The number of carbonyl (C=O) groups is 1. The largest absolute Gasteiger partial charge is 1.00 e. The Morgan fingerprint density at radius 2 is 1.50 bits per heavy atom. The van der Waals surface area contributed by atoms with Crippen molar-refractivity contribution in [3.8, 4) is 0 Å². The molecule has 0 saturated heterocycles. The summed E-state index contributed by atoms with van der Waals surface area (Å²) in [6, 6.07) is 0. The van der Waals surface area contributed by atoms with Crippen LogP contribution in [0.15, 0.2) is 0 Å². The monoisotopic (exact) mass is 195 g/mol. The van der Waals surface area contributed by atoms with Crippen molar-refractivity contribution in [3.05, 3.63) is 0 Å². The number of nitrogens with zero attached hydrogens (tertiary/aromatic N) is 1. The Kier molecular flexibility index (Phi) is 7.44. The van der Waals surface area contributed by atoms with E-state index in [-0.39, 0.29) is 19.0 Å². The average Bonchev–Trinajstić information content (AvgIpc) is 2.00. The number of carboxylic acid groups (broad SMARTS) is 1. The van der Waals surface area contributed by atoms with Crippen molar-refractivity contribution in [3.63, 3.8) is 0 Å². The number of aliphatic carboxylic acids is 1. The summed E-state index contributed by atoms with van der Waals surface area (Å²) in [7, 11) is 0. The van der Waals surface area contributed by atoms with Gasteiger partial charge in [-0.1, -0.05) is 0 Å². The number of carboxylic acids is 1. The van der Waals surface area contributed by atoms with E-state index in [4.69, 9.17) is 5.11 Å². The molecular weight excluding hydrogens is 178 g/mol. The van der Waals surface area contributed by atoms with Gasteiger partial charge in [0, 0.05) is 0 Å². The summed E-state index contributed by atoms with van der Waals surface area (Å²) in [4.78, 5) is 10.5. The molecule has 0 radical (unpaired) electrons. The zero-order valence-corrected chi connectivity index (χ0v) is 8.76. The maximum atomic E-state index is 10.5. The highest BCUT2D eigenvalue weighted by molar-refractivity contribution is 5.67. The van der Waals surface area contributed by atoms with E-state index in [1.54, 1.807) is 0 Å². The fraction of sp³-hybridized carbons (Fsp3) is 0.875. The van der Waals surface area contributed by atoms with Crippen molar-refractivity contribution in [2.45, 2.75) is 20.8 Å². The lowest BCUT2D eigenvalue weighted by molar-refractivity contribution is -0.916. The highest BCUT2D eigenvalue weighted by Crippen LogP contribution is 2.04. The van der Waals surface area contributed by atoms with Gasteiger partial charge < -0.3 is 22.0 Å². The molecule has 0 atom stereocenters. The van der Waals surface area contributed by atoms with Gasteiger partial charge in [-0.3, -0.25) is 0 Å². The van der Waals surface area contributed by atoms with Gasteiger partial charge in [-0.25, -0.2) is 4.79 Å². The van der Waals surface area contributed by atoms with E-state index >= 15 is 0 Å². The van der Waals surface area contributed by atoms with E-state index in [0.717, 1.165) is 19.6 Å². The topological polar surface area (TPSA) is 37.3 Å². The van der Waals surface area contributed by atoms with Gasteiger partial charge in [-0.15, -0.1) is 0 Å². The molecule has 0 rings (SSSR count). The summed E-state index contributed by atoms with van der Waals surface area (Å²) >= 11 is 0. The molecule has 0 unspecified atom stereocenters. The third kappa shape index (κ3) is 3.93. The fourth-order valence-electron chi connectivity index (χ4n) is 1.29. The first-order chi connectivity index (χ1) is 5.10. The van der Waals surface area contributed by atoms with Gasteiger partial charge in [0.25, 0.3) is 0 Å². The minimum atomic E-state index is -0.699. The Labute approximate surface area is 80.4 Å². The number of quaternary nitrogens is 1. The van der Waals surface area contributed by atoms with Crippen molar-refractivity contribution in [1.29, 1.82) is 0 Å². The molecule has 0 aliphatic carbocycles. The van der Waals surface area contributed by atoms with Gasteiger partial charge in [0.05, 0.1) is 19.6 Å². The van der Waals surface area contributed by atoms with E-state index in [9.17, 15) is 4.79 Å². The third-order valence-electron chi connectivity index (χ3n) is 2.48. The summed E-state index contributed by atoms with van der Waals surface area (Å²) < 4.78 is 0.690. The van der Waals surface area contributed by atoms with Crippen LogP contribution in [-0.4, -0.2) is 41.7 Å². The van der Waals surface area contributed by atoms with Gasteiger partial charge in [-0.2, -0.15) is 0 Å². The normalized spacial score (nSPS) is 10.6. The van der Waals surface area contributed by atoms with Crippen molar-refractivity contribution < 1.29 is 26.8 Å². The third-order valence-corrected chi connectivity index (χ3v) is 2.48. The first-order valence-corrected chi connectivity index (χ1v) is 4.17. The number of halogens is 1. The minimum absolute atomic E-state index is 0. The maximum Gasteiger partial charge on any atom is 0.359 e. The zero-order chi connectivity index (χ0) is 8.91. The smallest absolute Gasteiger partial charge is 0.359 e. The quantitative estimate of drug-likeness (QED) is 0.513. The average molecular weight is 196 g/mol. The summed E-state index contributed by atoms with van der Waals surface area (Å²) in [6.45, 7) is 9.07. The number of hydrogen-bond donors (Lipinski definition) is 1. The molecule has 0 aromatic heterocycles. The van der Waals surface area contributed by atoms with Crippen LogP contribution in [0.2, 0.25) is 0 Å². The van der Waals surface area contributed by atoms with Crippen LogP contribution < -0.4 is 12.4 Å². The lowest BCUT2D eigenvalue weighted by atomic mass is 10.3. The maximum absolute atomic E-state index is 10.5. The molecule has 0 aliphatic heterocycles. The van der Waals surface area contributed by atoms with Gasteiger partial charge >= 0.3 is 5.97 Å². The first kappa shape index (κ1) is 14.3. The van der Waals surface area contributed by atoms with E-state index in [2.05, 4.69) is 0 Å². The van der Waals surface area contributed by atoms with Crippen molar-refractivity contribution in [1.82, 2.24) is 0 Å². The second-order valence-electron chi connectivity index (χ2n) is 2.84. The molecule has 0 aromatic rings. The molecule has 74 valence electrons. The molecule has 1 N–H and O–H groups in total. The van der Waals surface area contributed by atoms with Crippen LogP contribution in [0.3, 0.4) is 0 Å². The summed E-state index contributed by atoms with van der Waals surface area (Å²) in [5, 5.41) is 8.63. The van der Waals surface area contributed by atoms with Crippen molar-refractivity contribution in [2.24, 2.45) is 0 Å². The molecule has 0 saturated carbocycles. The van der Waals surface area contributed by atoms with Crippen LogP contribution in [0.1, 0.15) is 20.8 Å². The Morgan fingerprint density at radius 3 is 1.58 bits per heavy atom. The lowest BCUT2D eigenvalue weighted by Crippen LogP contribution is -3.00. The molecular formula is C8H18ClNO2. The van der Waals surface area contributed by atoms with Gasteiger partial charge in [-0.05, 0) is 20.8 Å². The molecule has 0 aliphatic rings. The van der Waals surface area contributed by atoms with E-state index in [0.29, 0.717) is 4.48 Å². The first-order valence-electron chi connectivity index (χ1n) is 4.17. The minimum Gasteiger partial charge on any atom is -1.00 e. The molecule has 0 bridgehead atoms. The van der Waals surface area contributed by atoms with E-state index in [1.165, 1.54) is 0 Å².